The molecule has 3 amide bonds. The lowest BCUT2D eigenvalue weighted by Gasteiger charge is -2.33. The molecule has 2 heterocycles. The smallest absolute Gasteiger partial charge is 0.318 e. The third-order valence-corrected chi connectivity index (χ3v) is 4.27. The highest BCUT2D eigenvalue weighted by molar-refractivity contribution is 5.87. The van der Waals surface area contributed by atoms with Gasteiger partial charge in [0.2, 0.25) is 5.91 Å². The van der Waals surface area contributed by atoms with Gasteiger partial charge < -0.3 is 19.9 Å². The molecule has 2 aliphatic heterocycles. The Balaban J connectivity index is 1.95. The molecule has 0 unspecified atom stereocenters. The normalized spacial score (nSPS) is 20.9. The zero-order chi connectivity index (χ0) is 15.9. The summed E-state index contributed by atoms with van der Waals surface area (Å²) < 4.78 is 5.27. The van der Waals surface area contributed by atoms with Gasteiger partial charge in [-0.25, -0.2) is 4.79 Å². The third kappa shape index (κ3) is 4.87. The van der Waals surface area contributed by atoms with Crippen LogP contribution in [0.2, 0.25) is 0 Å². The summed E-state index contributed by atoms with van der Waals surface area (Å²) in [6, 6.07) is -0.548. The number of nitrogens with one attached hydrogen (secondary N) is 1. The van der Waals surface area contributed by atoms with Crippen molar-refractivity contribution in [3.05, 3.63) is 0 Å². The van der Waals surface area contributed by atoms with Crippen LogP contribution in [0.15, 0.2) is 0 Å². The standard InChI is InChI=1S/C16H29N3O3/c1-13(2)12-14(15(20)18-6-4-3-5-7-18)17-16(21)19-8-10-22-11-9-19/h13-14H,3-12H2,1-2H3,(H,17,21)/t14-/m0/s1. The molecule has 6 heteroatoms. The summed E-state index contributed by atoms with van der Waals surface area (Å²) >= 11 is 0. The zero-order valence-corrected chi connectivity index (χ0v) is 13.8. The third-order valence-electron chi connectivity index (χ3n) is 4.27. The van der Waals surface area contributed by atoms with E-state index < -0.39 is 6.04 Å². The lowest BCUT2D eigenvalue weighted by atomic mass is 10.0. The number of likely N-dealkylation sites (tertiary alicyclic amines) is 1. The first-order valence-electron chi connectivity index (χ1n) is 8.50. The van der Waals surface area contributed by atoms with Gasteiger partial charge in [0.15, 0.2) is 0 Å². The quantitative estimate of drug-likeness (QED) is 0.855. The molecule has 0 aromatic rings. The van der Waals surface area contributed by atoms with Crippen LogP contribution in [0.5, 0.6) is 0 Å². The molecule has 0 aromatic carbocycles. The molecule has 0 aliphatic carbocycles. The summed E-state index contributed by atoms with van der Waals surface area (Å²) in [5.74, 6) is 0.443. The number of carbonyl (C=O) groups is 2. The van der Waals surface area contributed by atoms with Crippen molar-refractivity contribution in [2.24, 2.45) is 5.92 Å². The Morgan fingerprint density at radius 2 is 1.64 bits per heavy atom. The van der Waals surface area contributed by atoms with E-state index in [-0.39, 0.29) is 11.9 Å². The molecule has 22 heavy (non-hydrogen) atoms. The van der Waals surface area contributed by atoms with Crippen LogP contribution >= 0.6 is 0 Å². The molecule has 1 atom stereocenters. The van der Waals surface area contributed by atoms with Crippen molar-refractivity contribution < 1.29 is 14.3 Å². The summed E-state index contributed by atoms with van der Waals surface area (Å²) in [6.07, 6.45) is 4.01. The van der Waals surface area contributed by atoms with Crippen molar-refractivity contribution in [1.82, 2.24) is 15.1 Å². The highest BCUT2D eigenvalue weighted by Crippen LogP contribution is 2.14. The second-order valence-electron chi connectivity index (χ2n) is 6.62. The maximum Gasteiger partial charge on any atom is 0.318 e. The van der Waals surface area contributed by atoms with Crippen molar-refractivity contribution in [2.45, 2.75) is 45.6 Å². The van der Waals surface area contributed by atoms with Crippen LogP contribution in [0.4, 0.5) is 4.79 Å². The minimum absolute atomic E-state index is 0.0787. The maximum absolute atomic E-state index is 12.7. The van der Waals surface area contributed by atoms with Gasteiger partial charge in [-0.2, -0.15) is 0 Å². The first-order valence-corrected chi connectivity index (χ1v) is 8.50. The fourth-order valence-corrected chi connectivity index (χ4v) is 3.03. The number of morpholine rings is 1. The van der Waals surface area contributed by atoms with E-state index in [9.17, 15) is 9.59 Å². The fourth-order valence-electron chi connectivity index (χ4n) is 3.03. The Hall–Kier alpha value is -1.30. The maximum atomic E-state index is 12.7. The van der Waals surface area contributed by atoms with Crippen molar-refractivity contribution >= 4 is 11.9 Å². The van der Waals surface area contributed by atoms with Gasteiger partial charge in [0.05, 0.1) is 13.2 Å². The van der Waals surface area contributed by atoms with Crippen molar-refractivity contribution in [1.29, 1.82) is 0 Å². The van der Waals surface area contributed by atoms with E-state index in [1.807, 2.05) is 4.90 Å². The molecule has 1 N–H and O–H groups in total. The van der Waals surface area contributed by atoms with Crippen LogP contribution in [0, 0.1) is 5.92 Å². The molecule has 0 spiro atoms. The molecule has 0 aromatic heterocycles. The first kappa shape index (κ1) is 17.1. The molecule has 2 rings (SSSR count). The lowest BCUT2D eigenvalue weighted by Crippen LogP contribution is -2.55. The molecule has 2 aliphatic rings. The van der Waals surface area contributed by atoms with Gasteiger partial charge in [0.1, 0.15) is 6.04 Å². The lowest BCUT2D eigenvalue weighted by molar-refractivity contribution is -0.134. The zero-order valence-electron chi connectivity index (χ0n) is 13.8. The Labute approximate surface area is 133 Å². The number of nitrogens with zero attached hydrogens (tertiary/aromatic N) is 2. The average molecular weight is 311 g/mol. The monoisotopic (exact) mass is 311 g/mol. The van der Waals surface area contributed by atoms with Gasteiger partial charge in [0, 0.05) is 26.2 Å². The topological polar surface area (TPSA) is 61.9 Å². The Morgan fingerprint density at radius 1 is 1.00 bits per heavy atom. The number of amides is 3. The van der Waals surface area contributed by atoms with Gasteiger partial charge in [-0.1, -0.05) is 13.8 Å². The van der Waals surface area contributed by atoms with Crippen LogP contribution in [-0.2, 0) is 9.53 Å². The summed E-state index contributed by atoms with van der Waals surface area (Å²) in [5.41, 5.74) is 0. The molecule has 2 fully saturated rings. The van der Waals surface area contributed by atoms with Gasteiger partial charge in [0.25, 0.3) is 0 Å². The number of rotatable bonds is 4. The van der Waals surface area contributed by atoms with Crippen LogP contribution in [0.25, 0.3) is 0 Å². The molecular weight excluding hydrogens is 282 g/mol. The number of hydrogen-bond acceptors (Lipinski definition) is 3. The Morgan fingerprint density at radius 3 is 2.23 bits per heavy atom. The van der Waals surface area contributed by atoms with Crippen LogP contribution in [0.3, 0.4) is 0 Å². The molecule has 126 valence electrons. The van der Waals surface area contributed by atoms with E-state index in [0.29, 0.717) is 38.6 Å². The summed E-state index contributed by atoms with van der Waals surface area (Å²) in [7, 11) is 0. The summed E-state index contributed by atoms with van der Waals surface area (Å²) in [5, 5.41) is 2.96. The number of ether oxygens (including phenoxy) is 1. The van der Waals surface area contributed by atoms with Crippen molar-refractivity contribution in [3.63, 3.8) is 0 Å². The minimum Gasteiger partial charge on any atom is -0.378 e. The number of carbonyl (C=O) groups excluding carboxylic acids is 2. The number of urea groups is 1. The molecular formula is C16H29N3O3. The number of hydrogen-bond donors (Lipinski definition) is 1. The van der Waals surface area contributed by atoms with E-state index in [1.165, 1.54) is 6.42 Å². The highest BCUT2D eigenvalue weighted by atomic mass is 16.5. The van der Waals surface area contributed by atoms with E-state index in [0.717, 1.165) is 25.9 Å². The average Bonchev–Trinajstić information content (AvgIpc) is 2.54. The molecule has 6 nitrogen and oxygen atoms in total. The van der Waals surface area contributed by atoms with Gasteiger partial charge >= 0.3 is 6.03 Å². The largest absolute Gasteiger partial charge is 0.378 e. The highest BCUT2D eigenvalue weighted by Gasteiger charge is 2.29. The Kier molecular flexibility index (Phi) is 6.49. The van der Waals surface area contributed by atoms with E-state index in [4.69, 9.17) is 4.74 Å². The SMILES string of the molecule is CC(C)C[C@H](NC(=O)N1CCOCC1)C(=O)N1CCCCC1. The van der Waals surface area contributed by atoms with Gasteiger partial charge in [-0.3, -0.25) is 4.79 Å². The second-order valence-corrected chi connectivity index (χ2v) is 6.62. The van der Waals surface area contributed by atoms with Gasteiger partial charge in [-0.15, -0.1) is 0 Å². The predicted octanol–water partition coefficient (Wildman–Crippen LogP) is 1.46. The molecule has 2 saturated heterocycles. The summed E-state index contributed by atoms with van der Waals surface area (Å²) in [6.45, 7) is 8.14. The molecule has 0 bridgehead atoms. The van der Waals surface area contributed by atoms with Gasteiger partial charge in [-0.05, 0) is 31.6 Å². The number of piperidine rings is 1. The van der Waals surface area contributed by atoms with Crippen molar-refractivity contribution in [2.75, 3.05) is 39.4 Å². The van der Waals surface area contributed by atoms with Crippen LogP contribution < -0.4 is 5.32 Å². The molecule has 0 saturated carbocycles. The van der Waals surface area contributed by atoms with E-state index in [2.05, 4.69) is 19.2 Å². The van der Waals surface area contributed by atoms with Crippen molar-refractivity contribution in [3.8, 4) is 0 Å². The Bertz CT molecular complexity index is 375. The summed E-state index contributed by atoms with van der Waals surface area (Å²) in [4.78, 5) is 28.7. The minimum atomic E-state index is -0.409. The second kappa shape index (κ2) is 8.36. The molecule has 0 radical (unpaired) electrons. The predicted molar refractivity (Wildman–Crippen MR) is 84.6 cm³/mol. The van der Waals surface area contributed by atoms with E-state index >= 15 is 0 Å². The first-order chi connectivity index (χ1) is 10.6. The van der Waals surface area contributed by atoms with Crippen LogP contribution in [0.1, 0.15) is 39.5 Å². The van der Waals surface area contributed by atoms with E-state index in [1.54, 1.807) is 4.90 Å². The fraction of sp³-hybridized carbons (Fsp3) is 0.875. The van der Waals surface area contributed by atoms with Crippen LogP contribution in [-0.4, -0.2) is 67.2 Å².